The number of carboxylic acid groups (broad SMARTS) is 2. The minimum atomic E-state index is -0.914. The Labute approximate surface area is 146 Å². The Kier molecular flexibility index (Phi) is 6.36. The molecule has 0 aliphatic carbocycles. The van der Waals surface area contributed by atoms with Crippen molar-refractivity contribution < 1.29 is 29.9 Å². The fraction of sp³-hybridized carbons (Fsp3) is 0.368. The van der Waals surface area contributed by atoms with Crippen molar-refractivity contribution in [3.8, 4) is 5.75 Å². The van der Waals surface area contributed by atoms with Crippen molar-refractivity contribution in [2.75, 3.05) is 13.7 Å². The van der Waals surface area contributed by atoms with Crippen LogP contribution in [0.1, 0.15) is 31.2 Å². The van der Waals surface area contributed by atoms with Crippen molar-refractivity contribution >= 4 is 22.7 Å². The van der Waals surface area contributed by atoms with E-state index in [0.717, 1.165) is 41.5 Å². The van der Waals surface area contributed by atoms with Crippen LogP contribution in [-0.4, -0.2) is 36.7 Å². The number of carboxylic acids is 2. The fourth-order valence-electron chi connectivity index (χ4n) is 2.77. The zero-order valence-corrected chi connectivity index (χ0v) is 14.4. The molecule has 25 heavy (non-hydrogen) atoms. The summed E-state index contributed by atoms with van der Waals surface area (Å²) in [6, 6.07) is 11.2. The van der Waals surface area contributed by atoms with Gasteiger partial charge in [0.25, 0.3) is 0 Å². The SMILES string of the molecule is COc1ccc2cc([C@@H](C)C(=O)O)ccc2c1.O=C([O-])[C@H]1CCC[NH2+]1. The molecule has 3 N–H and O–H groups in total. The molecule has 1 aliphatic rings. The number of fused-ring (bicyclic) bond motifs is 1. The zero-order chi connectivity index (χ0) is 18.4. The van der Waals surface area contributed by atoms with Crippen LogP contribution in [0, 0.1) is 0 Å². The molecule has 2 aromatic rings. The van der Waals surface area contributed by atoms with E-state index in [2.05, 4.69) is 0 Å². The maximum Gasteiger partial charge on any atom is 0.310 e. The molecule has 1 heterocycles. The van der Waals surface area contributed by atoms with Gasteiger partial charge in [0, 0.05) is 12.8 Å². The van der Waals surface area contributed by atoms with Crippen LogP contribution >= 0.6 is 0 Å². The summed E-state index contributed by atoms with van der Waals surface area (Å²) in [5.41, 5.74) is 0.815. The van der Waals surface area contributed by atoms with E-state index in [-0.39, 0.29) is 6.04 Å². The summed E-state index contributed by atoms with van der Waals surface area (Å²) >= 11 is 0. The lowest BCUT2D eigenvalue weighted by molar-refractivity contribution is -0.664. The molecule has 0 bridgehead atoms. The van der Waals surface area contributed by atoms with Crippen LogP contribution in [0.4, 0.5) is 0 Å². The molecule has 1 aliphatic heterocycles. The monoisotopic (exact) mass is 345 g/mol. The summed E-state index contributed by atoms with van der Waals surface area (Å²) in [7, 11) is 1.63. The van der Waals surface area contributed by atoms with E-state index in [0.29, 0.717) is 0 Å². The van der Waals surface area contributed by atoms with Gasteiger partial charge in [-0.05, 0) is 35.4 Å². The predicted octanol–water partition coefficient (Wildman–Crippen LogP) is 0.499. The normalized spacial score (nSPS) is 17.4. The van der Waals surface area contributed by atoms with Crippen LogP contribution < -0.4 is 15.2 Å². The lowest BCUT2D eigenvalue weighted by Gasteiger charge is -2.08. The maximum absolute atomic E-state index is 10.9. The molecular weight excluding hydrogens is 322 g/mol. The average Bonchev–Trinajstić information content (AvgIpc) is 3.15. The van der Waals surface area contributed by atoms with Crippen molar-refractivity contribution in [2.45, 2.75) is 31.7 Å². The molecule has 6 nitrogen and oxygen atoms in total. The number of carbonyl (C=O) groups excluding carboxylic acids is 1. The molecular formula is C19H23NO5. The molecule has 0 saturated carbocycles. The summed E-state index contributed by atoms with van der Waals surface area (Å²) in [4.78, 5) is 21.0. The topological polar surface area (TPSA) is 103 Å². The van der Waals surface area contributed by atoms with E-state index < -0.39 is 17.9 Å². The van der Waals surface area contributed by atoms with Gasteiger partial charge >= 0.3 is 5.97 Å². The van der Waals surface area contributed by atoms with Crippen molar-refractivity contribution in [1.82, 2.24) is 0 Å². The van der Waals surface area contributed by atoms with Gasteiger partial charge in [0.1, 0.15) is 11.8 Å². The maximum atomic E-state index is 10.9. The first-order valence-corrected chi connectivity index (χ1v) is 8.27. The number of methoxy groups -OCH3 is 1. The lowest BCUT2D eigenvalue weighted by atomic mass is 9.98. The number of quaternary nitrogens is 1. The lowest BCUT2D eigenvalue weighted by Crippen LogP contribution is -2.89. The Balaban J connectivity index is 0.000000236. The number of ether oxygens (including phenoxy) is 1. The number of benzene rings is 2. The van der Waals surface area contributed by atoms with Gasteiger partial charge in [-0.15, -0.1) is 0 Å². The van der Waals surface area contributed by atoms with E-state index in [1.54, 1.807) is 14.0 Å². The molecule has 6 heteroatoms. The smallest absolute Gasteiger partial charge is 0.310 e. The van der Waals surface area contributed by atoms with E-state index in [1.807, 2.05) is 41.7 Å². The molecule has 2 atom stereocenters. The molecule has 1 fully saturated rings. The first-order chi connectivity index (χ1) is 11.9. The number of nitrogens with two attached hydrogens (primary N) is 1. The number of hydrogen-bond donors (Lipinski definition) is 2. The number of rotatable bonds is 4. The molecule has 1 saturated heterocycles. The van der Waals surface area contributed by atoms with E-state index in [4.69, 9.17) is 9.84 Å². The van der Waals surface area contributed by atoms with E-state index in [9.17, 15) is 14.7 Å². The highest BCUT2D eigenvalue weighted by Crippen LogP contribution is 2.25. The third-order valence-corrected chi connectivity index (χ3v) is 4.42. The minimum absolute atomic E-state index is 0.255. The standard InChI is InChI=1S/C14H14O3.C5H9NO2/c1-9(14(15)16)10-3-4-12-8-13(17-2)6-5-11(12)7-10;7-5(8)4-2-1-3-6-4/h3-9H,1-2H3,(H,15,16);4,6H,1-3H2,(H,7,8)/t9-;4-/m11/s1. The van der Waals surface area contributed by atoms with Gasteiger partial charge in [-0.2, -0.15) is 0 Å². The Morgan fingerprint density at radius 1 is 1.24 bits per heavy atom. The second-order valence-electron chi connectivity index (χ2n) is 6.12. The van der Waals surface area contributed by atoms with Gasteiger partial charge in [-0.3, -0.25) is 4.79 Å². The van der Waals surface area contributed by atoms with Gasteiger partial charge in [0.2, 0.25) is 0 Å². The van der Waals surface area contributed by atoms with Crippen molar-refractivity contribution in [3.63, 3.8) is 0 Å². The summed E-state index contributed by atoms with van der Waals surface area (Å²) in [5, 5.41) is 22.9. The van der Waals surface area contributed by atoms with Crippen LogP contribution in [0.5, 0.6) is 5.75 Å². The predicted molar refractivity (Wildman–Crippen MR) is 91.4 cm³/mol. The molecule has 3 rings (SSSR count). The molecule has 0 spiro atoms. The average molecular weight is 345 g/mol. The van der Waals surface area contributed by atoms with Crippen molar-refractivity contribution in [1.29, 1.82) is 0 Å². The summed E-state index contributed by atoms with van der Waals surface area (Å²) in [5.74, 6) is -1.40. The van der Waals surface area contributed by atoms with Crippen LogP contribution in [0.3, 0.4) is 0 Å². The van der Waals surface area contributed by atoms with Crippen molar-refractivity contribution in [3.05, 3.63) is 42.0 Å². The highest BCUT2D eigenvalue weighted by molar-refractivity contribution is 5.86. The van der Waals surface area contributed by atoms with Gasteiger partial charge in [-0.1, -0.05) is 24.3 Å². The molecule has 0 unspecified atom stereocenters. The van der Waals surface area contributed by atoms with E-state index in [1.165, 1.54) is 0 Å². The molecule has 0 aromatic heterocycles. The second kappa shape index (κ2) is 8.48. The van der Waals surface area contributed by atoms with Gasteiger partial charge in [-0.25, -0.2) is 0 Å². The minimum Gasteiger partial charge on any atom is -0.544 e. The summed E-state index contributed by atoms with van der Waals surface area (Å²) in [6.45, 7) is 2.63. The Morgan fingerprint density at radius 3 is 2.44 bits per heavy atom. The van der Waals surface area contributed by atoms with Gasteiger partial charge < -0.3 is 25.1 Å². The highest BCUT2D eigenvalue weighted by atomic mass is 16.5. The van der Waals surface area contributed by atoms with Crippen LogP contribution in [0.25, 0.3) is 10.8 Å². The van der Waals surface area contributed by atoms with E-state index >= 15 is 0 Å². The summed E-state index contributed by atoms with van der Waals surface area (Å²) in [6.07, 6.45) is 1.79. The first kappa shape index (κ1) is 18.7. The first-order valence-electron chi connectivity index (χ1n) is 8.27. The largest absolute Gasteiger partial charge is 0.544 e. The molecule has 0 amide bonds. The molecule has 0 radical (unpaired) electrons. The third-order valence-electron chi connectivity index (χ3n) is 4.42. The zero-order valence-electron chi connectivity index (χ0n) is 14.4. The third kappa shape index (κ3) is 4.93. The Morgan fingerprint density at radius 2 is 1.92 bits per heavy atom. The van der Waals surface area contributed by atoms with Gasteiger partial charge in [0.15, 0.2) is 0 Å². The van der Waals surface area contributed by atoms with Gasteiger partial charge in [0.05, 0.1) is 25.5 Å². The number of hydrogen-bond acceptors (Lipinski definition) is 4. The van der Waals surface area contributed by atoms with Crippen LogP contribution in [0.15, 0.2) is 36.4 Å². The Bertz CT molecular complexity index is 753. The second-order valence-corrected chi connectivity index (χ2v) is 6.12. The van der Waals surface area contributed by atoms with Crippen LogP contribution in [-0.2, 0) is 9.59 Å². The number of carbonyl (C=O) groups is 2. The fourth-order valence-corrected chi connectivity index (χ4v) is 2.77. The molecule has 134 valence electrons. The number of aliphatic carboxylic acids is 2. The quantitative estimate of drug-likeness (QED) is 0.840. The molecule has 2 aromatic carbocycles. The Hall–Kier alpha value is -2.60. The summed E-state index contributed by atoms with van der Waals surface area (Å²) < 4.78 is 5.14. The van der Waals surface area contributed by atoms with Crippen LogP contribution in [0.2, 0.25) is 0 Å². The highest BCUT2D eigenvalue weighted by Gasteiger charge is 2.18. The van der Waals surface area contributed by atoms with Crippen molar-refractivity contribution in [2.24, 2.45) is 0 Å².